The second-order valence-corrected chi connectivity index (χ2v) is 7.06. The Kier molecular flexibility index (Phi) is 6.74. The number of alkyl halides is 2. The van der Waals surface area contributed by atoms with E-state index in [1.54, 1.807) is 19.1 Å². The van der Waals surface area contributed by atoms with Crippen LogP contribution in [-0.4, -0.2) is 41.7 Å². The molecule has 154 valence electrons. The fraction of sp³-hybridized carbons (Fsp3) is 0.526. The van der Waals surface area contributed by atoms with E-state index in [4.69, 9.17) is 21.1 Å². The summed E-state index contributed by atoms with van der Waals surface area (Å²) >= 11 is 6.06. The molecule has 0 spiro atoms. The van der Waals surface area contributed by atoms with E-state index in [-0.39, 0.29) is 23.0 Å². The Balaban J connectivity index is 1.90. The molecule has 1 aliphatic rings. The Bertz CT molecular complexity index is 803. The van der Waals surface area contributed by atoms with E-state index in [1.807, 2.05) is 4.90 Å². The van der Waals surface area contributed by atoms with E-state index in [0.717, 1.165) is 6.42 Å². The van der Waals surface area contributed by atoms with E-state index in [2.05, 4.69) is 5.10 Å². The van der Waals surface area contributed by atoms with Gasteiger partial charge in [0.2, 0.25) is 0 Å². The SMILES string of the molecule is CCOC(OC)c1cnn(C2CCCN(c3cc(Cl)ccc3O)C2)c1C(F)F. The van der Waals surface area contributed by atoms with E-state index in [0.29, 0.717) is 36.8 Å². The number of phenols is 1. The summed E-state index contributed by atoms with van der Waals surface area (Å²) in [7, 11) is 1.41. The van der Waals surface area contributed by atoms with E-state index in [1.165, 1.54) is 24.1 Å². The topological polar surface area (TPSA) is 59.8 Å². The number of halogens is 3. The minimum Gasteiger partial charge on any atom is -0.506 e. The zero-order chi connectivity index (χ0) is 20.3. The number of aromatic hydroxyl groups is 1. The van der Waals surface area contributed by atoms with E-state index in [9.17, 15) is 13.9 Å². The standard InChI is InChI=1S/C19H24ClF2N3O3/c1-3-28-19(27-2)14-10-23-25(17(14)18(21)22)13-5-4-8-24(11-13)15-9-12(20)6-7-16(15)26/h6-7,9-10,13,18-19,26H,3-5,8,11H2,1-2H3. The number of nitrogens with zero attached hydrogens (tertiary/aromatic N) is 3. The van der Waals surface area contributed by atoms with Crippen LogP contribution in [0, 0.1) is 0 Å². The molecule has 0 bridgehead atoms. The molecule has 6 nitrogen and oxygen atoms in total. The minimum atomic E-state index is -2.72. The molecule has 2 atom stereocenters. The summed E-state index contributed by atoms with van der Waals surface area (Å²) in [5, 5.41) is 14.9. The Morgan fingerprint density at radius 3 is 2.86 bits per heavy atom. The van der Waals surface area contributed by atoms with E-state index < -0.39 is 12.7 Å². The lowest BCUT2D eigenvalue weighted by Crippen LogP contribution is -2.37. The highest BCUT2D eigenvalue weighted by Crippen LogP contribution is 2.37. The number of rotatable bonds is 7. The number of benzene rings is 1. The Morgan fingerprint density at radius 1 is 1.39 bits per heavy atom. The fourth-order valence-corrected chi connectivity index (χ4v) is 3.81. The second kappa shape index (κ2) is 9.07. The normalized spacial score (nSPS) is 18.6. The molecule has 1 aliphatic heterocycles. The first kappa shape index (κ1) is 20.8. The molecule has 0 aliphatic carbocycles. The first-order chi connectivity index (χ1) is 13.5. The number of anilines is 1. The van der Waals surface area contributed by atoms with Crippen LogP contribution in [0.3, 0.4) is 0 Å². The Morgan fingerprint density at radius 2 is 2.18 bits per heavy atom. The quantitative estimate of drug-likeness (QED) is 0.664. The van der Waals surface area contributed by atoms with Crippen LogP contribution in [0.25, 0.3) is 0 Å². The molecule has 2 heterocycles. The van der Waals surface area contributed by atoms with Crippen LogP contribution in [0.4, 0.5) is 14.5 Å². The molecule has 2 unspecified atom stereocenters. The van der Waals surface area contributed by atoms with Crippen molar-refractivity contribution in [1.29, 1.82) is 0 Å². The van der Waals surface area contributed by atoms with Crippen LogP contribution < -0.4 is 4.90 Å². The summed E-state index contributed by atoms with van der Waals surface area (Å²) < 4.78 is 39.8. The molecule has 0 amide bonds. The highest BCUT2D eigenvalue weighted by Gasteiger charge is 2.32. The molecule has 2 aromatic rings. The molecular weight excluding hydrogens is 392 g/mol. The van der Waals surface area contributed by atoms with Crippen molar-refractivity contribution in [1.82, 2.24) is 9.78 Å². The molecule has 1 aromatic carbocycles. The fourth-order valence-electron chi connectivity index (χ4n) is 3.64. The van der Waals surface area contributed by atoms with Crippen molar-refractivity contribution in [3.8, 4) is 5.75 Å². The van der Waals surface area contributed by atoms with Gasteiger partial charge in [0.15, 0.2) is 6.29 Å². The predicted octanol–water partition coefficient (Wildman–Crippen LogP) is 4.70. The van der Waals surface area contributed by atoms with Crippen molar-refractivity contribution >= 4 is 17.3 Å². The molecule has 1 aromatic heterocycles. The van der Waals surface area contributed by atoms with Gasteiger partial charge < -0.3 is 19.5 Å². The molecule has 28 heavy (non-hydrogen) atoms. The summed E-state index contributed by atoms with van der Waals surface area (Å²) in [4.78, 5) is 1.95. The lowest BCUT2D eigenvalue weighted by molar-refractivity contribution is -0.125. The van der Waals surface area contributed by atoms with Gasteiger partial charge in [-0.05, 0) is 38.0 Å². The largest absolute Gasteiger partial charge is 0.506 e. The molecule has 0 saturated carbocycles. The molecule has 1 saturated heterocycles. The Labute approximate surface area is 167 Å². The summed E-state index contributed by atoms with van der Waals surface area (Å²) in [6, 6.07) is 4.54. The number of aromatic nitrogens is 2. The van der Waals surface area contributed by atoms with Gasteiger partial charge in [-0.2, -0.15) is 5.10 Å². The zero-order valence-electron chi connectivity index (χ0n) is 15.8. The number of ether oxygens (including phenoxy) is 2. The summed E-state index contributed by atoms with van der Waals surface area (Å²) in [6.07, 6.45) is -0.746. The van der Waals surface area contributed by atoms with Crippen LogP contribution in [0.2, 0.25) is 5.02 Å². The molecule has 3 rings (SSSR count). The van der Waals surface area contributed by atoms with Gasteiger partial charge >= 0.3 is 0 Å². The summed E-state index contributed by atoms with van der Waals surface area (Å²) in [5.74, 6) is 0.107. The average Bonchev–Trinajstić information content (AvgIpc) is 3.13. The maximum absolute atomic E-state index is 13.9. The number of methoxy groups -OCH3 is 1. The van der Waals surface area contributed by atoms with Gasteiger partial charge in [0, 0.05) is 31.8 Å². The van der Waals surface area contributed by atoms with Gasteiger partial charge in [-0.15, -0.1) is 0 Å². The number of hydrogen-bond donors (Lipinski definition) is 1. The van der Waals surface area contributed by atoms with Crippen LogP contribution in [0.1, 0.15) is 49.8 Å². The molecular formula is C19H24ClF2N3O3. The average molecular weight is 416 g/mol. The number of piperidine rings is 1. The lowest BCUT2D eigenvalue weighted by atomic mass is 10.0. The van der Waals surface area contributed by atoms with Crippen molar-refractivity contribution < 1.29 is 23.4 Å². The van der Waals surface area contributed by atoms with Crippen LogP contribution in [0.15, 0.2) is 24.4 Å². The summed E-state index contributed by atoms with van der Waals surface area (Å²) in [6.45, 7) is 3.23. The van der Waals surface area contributed by atoms with Gasteiger partial charge in [0.25, 0.3) is 6.43 Å². The number of phenolic OH excluding ortho intramolecular Hbond substituents is 1. The smallest absolute Gasteiger partial charge is 0.280 e. The third kappa shape index (κ3) is 4.24. The van der Waals surface area contributed by atoms with Gasteiger partial charge in [0.05, 0.1) is 23.5 Å². The third-order valence-electron chi connectivity index (χ3n) is 4.88. The zero-order valence-corrected chi connectivity index (χ0v) is 16.6. The van der Waals surface area contributed by atoms with Gasteiger partial charge in [0.1, 0.15) is 11.4 Å². The first-order valence-corrected chi connectivity index (χ1v) is 9.57. The Hall–Kier alpha value is -1.90. The molecule has 1 N–H and O–H groups in total. The molecule has 0 radical (unpaired) electrons. The number of hydrogen-bond acceptors (Lipinski definition) is 5. The molecule has 1 fully saturated rings. The van der Waals surface area contributed by atoms with Crippen LogP contribution >= 0.6 is 11.6 Å². The van der Waals surface area contributed by atoms with Crippen molar-refractivity contribution in [2.45, 2.75) is 38.5 Å². The van der Waals surface area contributed by atoms with Crippen LogP contribution in [0.5, 0.6) is 5.75 Å². The second-order valence-electron chi connectivity index (χ2n) is 6.63. The maximum atomic E-state index is 13.9. The highest BCUT2D eigenvalue weighted by atomic mass is 35.5. The predicted molar refractivity (Wildman–Crippen MR) is 102 cm³/mol. The van der Waals surface area contributed by atoms with Gasteiger partial charge in [-0.25, -0.2) is 8.78 Å². The highest BCUT2D eigenvalue weighted by molar-refractivity contribution is 6.30. The monoisotopic (exact) mass is 415 g/mol. The van der Waals surface area contributed by atoms with Crippen molar-refractivity contribution in [2.24, 2.45) is 0 Å². The van der Waals surface area contributed by atoms with Crippen molar-refractivity contribution in [3.05, 3.63) is 40.7 Å². The lowest BCUT2D eigenvalue weighted by Gasteiger charge is -2.35. The maximum Gasteiger partial charge on any atom is 0.280 e. The third-order valence-corrected chi connectivity index (χ3v) is 5.11. The van der Waals surface area contributed by atoms with Crippen LogP contribution in [-0.2, 0) is 9.47 Å². The summed E-state index contributed by atoms with van der Waals surface area (Å²) in [5.41, 5.74) is 0.636. The van der Waals surface area contributed by atoms with Crippen molar-refractivity contribution in [2.75, 3.05) is 31.7 Å². The first-order valence-electron chi connectivity index (χ1n) is 9.19. The van der Waals surface area contributed by atoms with Gasteiger partial charge in [-0.1, -0.05) is 11.6 Å². The van der Waals surface area contributed by atoms with E-state index >= 15 is 0 Å². The van der Waals surface area contributed by atoms with Crippen molar-refractivity contribution in [3.63, 3.8) is 0 Å². The minimum absolute atomic E-state index is 0.107. The molecule has 9 heteroatoms. The van der Waals surface area contributed by atoms with Gasteiger partial charge in [-0.3, -0.25) is 4.68 Å².